The van der Waals surface area contributed by atoms with Gasteiger partial charge in [-0.2, -0.15) is 0 Å². The summed E-state index contributed by atoms with van der Waals surface area (Å²) in [4.78, 5) is 14.1. The SMILES string of the molecule is O=Cc1ncn(Cc2ccc(F)cc2)n1. The lowest BCUT2D eigenvalue weighted by atomic mass is 10.2. The van der Waals surface area contributed by atoms with E-state index in [9.17, 15) is 9.18 Å². The van der Waals surface area contributed by atoms with Crippen LogP contribution in [0.5, 0.6) is 0 Å². The monoisotopic (exact) mass is 205 g/mol. The Balaban J connectivity index is 2.14. The zero-order valence-electron chi connectivity index (χ0n) is 7.80. The molecule has 0 saturated heterocycles. The van der Waals surface area contributed by atoms with Gasteiger partial charge >= 0.3 is 0 Å². The van der Waals surface area contributed by atoms with Crippen molar-refractivity contribution >= 4 is 6.29 Å². The number of hydrogen-bond acceptors (Lipinski definition) is 3. The van der Waals surface area contributed by atoms with Crippen LogP contribution in [0.15, 0.2) is 30.6 Å². The minimum atomic E-state index is -0.272. The van der Waals surface area contributed by atoms with Gasteiger partial charge in [-0.1, -0.05) is 12.1 Å². The highest BCUT2D eigenvalue weighted by molar-refractivity contribution is 5.68. The van der Waals surface area contributed by atoms with Crippen molar-refractivity contribution in [3.05, 3.63) is 47.8 Å². The van der Waals surface area contributed by atoms with Crippen molar-refractivity contribution in [3.63, 3.8) is 0 Å². The maximum atomic E-state index is 12.6. The van der Waals surface area contributed by atoms with Crippen molar-refractivity contribution in [2.75, 3.05) is 0 Å². The zero-order chi connectivity index (χ0) is 10.7. The van der Waals surface area contributed by atoms with E-state index in [2.05, 4.69) is 10.1 Å². The zero-order valence-corrected chi connectivity index (χ0v) is 7.80. The van der Waals surface area contributed by atoms with E-state index in [1.807, 2.05) is 0 Å². The molecule has 0 amide bonds. The lowest BCUT2D eigenvalue weighted by Gasteiger charge is -1.99. The molecule has 4 nitrogen and oxygen atoms in total. The summed E-state index contributed by atoms with van der Waals surface area (Å²) in [7, 11) is 0. The number of nitrogens with zero attached hydrogens (tertiary/aromatic N) is 3. The van der Waals surface area contributed by atoms with Crippen LogP contribution in [0.1, 0.15) is 16.2 Å². The molecule has 0 aliphatic heterocycles. The molecule has 76 valence electrons. The molecular weight excluding hydrogens is 197 g/mol. The van der Waals surface area contributed by atoms with E-state index < -0.39 is 0 Å². The fourth-order valence-corrected chi connectivity index (χ4v) is 1.22. The van der Waals surface area contributed by atoms with Crippen LogP contribution in [0, 0.1) is 5.82 Å². The van der Waals surface area contributed by atoms with Gasteiger partial charge in [0, 0.05) is 0 Å². The number of carbonyl (C=O) groups excluding carboxylic acids is 1. The Labute approximate surface area is 85.4 Å². The smallest absolute Gasteiger partial charge is 0.213 e. The maximum absolute atomic E-state index is 12.6. The molecule has 1 aromatic carbocycles. The first kappa shape index (κ1) is 9.51. The minimum absolute atomic E-state index is 0.150. The molecular formula is C10H8FN3O. The second kappa shape index (κ2) is 4.00. The van der Waals surface area contributed by atoms with Crippen LogP contribution >= 0.6 is 0 Å². The summed E-state index contributed by atoms with van der Waals surface area (Å²) in [6, 6.07) is 6.09. The molecule has 0 spiro atoms. The van der Waals surface area contributed by atoms with Crippen molar-refractivity contribution in [2.24, 2.45) is 0 Å². The molecule has 0 unspecified atom stereocenters. The molecule has 0 atom stereocenters. The molecule has 2 aromatic rings. The van der Waals surface area contributed by atoms with Gasteiger partial charge in [0.25, 0.3) is 0 Å². The standard InChI is InChI=1S/C10H8FN3O/c11-9-3-1-8(2-4-9)5-14-7-12-10(6-15)13-14/h1-4,6-7H,5H2. The lowest BCUT2D eigenvalue weighted by Crippen LogP contribution is -2.00. The van der Waals surface area contributed by atoms with Crippen LogP contribution in [-0.4, -0.2) is 21.1 Å². The second-order valence-electron chi connectivity index (χ2n) is 3.04. The van der Waals surface area contributed by atoms with E-state index in [0.29, 0.717) is 12.8 Å². The Morgan fingerprint density at radius 3 is 2.67 bits per heavy atom. The van der Waals surface area contributed by atoms with Crippen LogP contribution in [-0.2, 0) is 6.54 Å². The topological polar surface area (TPSA) is 47.8 Å². The van der Waals surface area contributed by atoms with Gasteiger partial charge in [0.05, 0.1) is 6.54 Å². The van der Waals surface area contributed by atoms with Crippen molar-refractivity contribution in [1.29, 1.82) is 0 Å². The number of rotatable bonds is 3. The Morgan fingerprint density at radius 1 is 1.33 bits per heavy atom. The number of carbonyl (C=O) groups is 1. The summed E-state index contributed by atoms with van der Waals surface area (Å²) in [5.74, 6) is -0.122. The van der Waals surface area contributed by atoms with Crippen LogP contribution in [0.25, 0.3) is 0 Å². The summed E-state index contributed by atoms with van der Waals surface area (Å²) in [5.41, 5.74) is 0.902. The summed E-state index contributed by atoms with van der Waals surface area (Å²) in [6.07, 6.45) is 2.05. The fraction of sp³-hybridized carbons (Fsp3) is 0.100. The van der Waals surface area contributed by atoms with Gasteiger partial charge in [0.15, 0.2) is 6.29 Å². The van der Waals surface area contributed by atoms with Gasteiger partial charge in [-0.25, -0.2) is 14.1 Å². The number of aromatic nitrogens is 3. The molecule has 1 heterocycles. The highest BCUT2D eigenvalue weighted by atomic mass is 19.1. The van der Waals surface area contributed by atoms with Gasteiger partial charge < -0.3 is 0 Å². The lowest BCUT2D eigenvalue weighted by molar-refractivity contribution is 0.111. The molecule has 0 fully saturated rings. The van der Waals surface area contributed by atoms with E-state index >= 15 is 0 Å². The van der Waals surface area contributed by atoms with Crippen molar-refractivity contribution in [1.82, 2.24) is 14.8 Å². The van der Waals surface area contributed by atoms with Gasteiger partial charge in [0.2, 0.25) is 5.82 Å². The summed E-state index contributed by atoms with van der Waals surface area (Å²) < 4.78 is 14.1. The van der Waals surface area contributed by atoms with Crippen LogP contribution in [0.2, 0.25) is 0 Å². The molecule has 2 rings (SSSR count). The van der Waals surface area contributed by atoms with Crippen LogP contribution < -0.4 is 0 Å². The number of benzene rings is 1. The van der Waals surface area contributed by atoms with E-state index in [1.165, 1.54) is 23.1 Å². The molecule has 0 N–H and O–H groups in total. The van der Waals surface area contributed by atoms with Crippen molar-refractivity contribution in [3.8, 4) is 0 Å². The third-order valence-electron chi connectivity index (χ3n) is 1.92. The van der Waals surface area contributed by atoms with E-state index in [4.69, 9.17) is 0 Å². The molecule has 0 radical (unpaired) electrons. The van der Waals surface area contributed by atoms with Crippen molar-refractivity contribution in [2.45, 2.75) is 6.54 Å². The normalized spacial score (nSPS) is 10.2. The predicted octanol–water partition coefficient (Wildman–Crippen LogP) is 1.28. The third-order valence-corrected chi connectivity index (χ3v) is 1.92. The summed E-state index contributed by atoms with van der Waals surface area (Å²) in [6.45, 7) is 0.473. The van der Waals surface area contributed by atoms with Crippen LogP contribution in [0.4, 0.5) is 4.39 Å². The average molecular weight is 205 g/mol. The molecule has 1 aromatic heterocycles. The molecule has 0 saturated carbocycles. The number of aldehydes is 1. The summed E-state index contributed by atoms with van der Waals surface area (Å²) in [5, 5.41) is 3.89. The largest absolute Gasteiger partial charge is 0.294 e. The predicted molar refractivity (Wildman–Crippen MR) is 50.9 cm³/mol. The van der Waals surface area contributed by atoms with Gasteiger partial charge in [-0.15, -0.1) is 5.10 Å². The fourth-order valence-electron chi connectivity index (χ4n) is 1.22. The highest BCUT2D eigenvalue weighted by Crippen LogP contribution is 2.04. The molecule has 0 aliphatic carbocycles. The molecule has 0 aliphatic rings. The van der Waals surface area contributed by atoms with E-state index in [1.54, 1.807) is 12.1 Å². The summed E-state index contributed by atoms with van der Waals surface area (Å²) >= 11 is 0. The quantitative estimate of drug-likeness (QED) is 0.709. The second-order valence-corrected chi connectivity index (χ2v) is 3.04. The first-order valence-electron chi connectivity index (χ1n) is 4.37. The molecule has 5 heteroatoms. The highest BCUT2D eigenvalue weighted by Gasteiger charge is 2.00. The third kappa shape index (κ3) is 2.25. The maximum Gasteiger partial charge on any atom is 0.213 e. The van der Waals surface area contributed by atoms with Gasteiger partial charge in [-0.3, -0.25) is 4.79 Å². The average Bonchev–Trinajstić information content (AvgIpc) is 2.69. The first-order valence-corrected chi connectivity index (χ1v) is 4.37. The van der Waals surface area contributed by atoms with E-state index in [0.717, 1.165) is 5.56 Å². The number of halogens is 1. The van der Waals surface area contributed by atoms with Crippen LogP contribution in [0.3, 0.4) is 0 Å². The van der Waals surface area contributed by atoms with Gasteiger partial charge in [0.1, 0.15) is 12.1 Å². The molecule has 0 bridgehead atoms. The first-order chi connectivity index (χ1) is 7.28. The van der Waals surface area contributed by atoms with Gasteiger partial charge in [-0.05, 0) is 17.7 Å². The molecule has 15 heavy (non-hydrogen) atoms. The Hall–Kier alpha value is -2.04. The minimum Gasteiger partial charge on any atom is -0.294 e. The Morgan fingerprint density at radius 2 is 2.07 bits per heavy atom. The van der Waals surface area contributed by atoms with Crippen molar-refractivity contribution < 1.29 is 9.18 Å². The Bertz CT molecular complexity index is 464. The number of hydrogen-bond donors (Lipinski definition) is 0. The van der Waals surface area contributed by atoms with E-state index in [-0.39, 0.29) is 11.6 Å². The Kier molecular flexibility index (Phi) is 2.53.